The van der Waals surface area contributed by atoms with Crippen molar-refractivity contribution in [2.45, 2.75) is 52.1 Å². The van der Waals surface area contributed by atoms with Gasteiger partial charge in [-0.05, 0) is 40.8 Å². The highest BCUT2D eigenvalue weighted by Gasteiger charge is 2.28. The van der Waals surface area contributed by atoms with E-state index in [1.807, 2.05) is 65.0 Å². The van der Waals surface area contributed by atoms with Crippen molar-refractivity contribution in [3.05, 3.63) is 89.0 Å². The molecule has 0 amide bonds. The minimum atomic E-state index is -0.683. The SMILES string of the molecule is COc1cc(F)c(C(C)(C)COc2ccc(F)c(C(C)(C)C)c2)cc1OCc1ccccc1. The fourth-order valence-corrected chi connectivity index (χ4v) is 3.57. The number of benzene rings is 3. The highest BCUT2D eigenvalue weighted by atomic mass is 19.1. The maximum absolute atomic E-state index is 15.0. The number of hydrogen-bond acceptors (Lipinski definition) is 3. The first-order chi connectivity index (χ1) is 15.5. The van der Waals surface area contributed by atoms with Gasteiger partial charge < -0.3 is 14.2 Å². The van der Waals surface area contributed by atoms with Crippen molar-refractivity contribution in [3.63, 3.8) is 0 Å². The van der Waals surface area contributed by atoms with Crippen LogP contribution in [-0.4, -0.2) is 13.7 Å². The van der Waals surface area contributed by atoms with Gasteiger partial charge in [-0.1, -0.05) is 65.0 Å². The Labute approximate surface area is 195 Å². The van der Waals surface area contributed by atoms with Crippen molar-refractivity contribution in [1.29, 1.82) is 0 Å². The molecule has 3 aromatic rings. The van der Waals surface area contributed by atoms with Crippen LogP contribution in [0.25, 0.3) is 0 Å². The summed E-state index contributed by atoms with van der Waals surface area (Å²) < 4.78 is 46.6. The Bertz CT molecular complexity index is 1090. The van der Waals surface area contributed by atoms with Crippen molar-refractivity contribution in [2.75, 3.05) is 13.7 Å². The summed E-state index contributed by atoms with van der Waals surface area (Å²) in [6, 6.07) is 17.5. The largest absolute Gasteiger partial charge is 0.493 e. The quantitative estimate of drug-likeness (QED) is 0.360. The summed E-state index contributed by atoms with van der Waals surface area (Å²) in [4.78, 5) is 0. The molecular formula is C28H32F2O3. The van der Waals surface area contributed by atoms with E-state index in [2.05, 4.69) is 0 Å². The molecular weight excluding hydrogens is 422 g/mol. The van der Waals surface area contributed by atoms with Crippen molar-refractivity contribution < 1.29 is 23.0 Å². The van der Waals surface area contributed by atoms with Gasteiger partial charge in [0.1, 0.15) is 24.0 Å². The molecule has 0 aliphatic carbocycles. The van der Waals surface area contributed by atoms with Gasteiger partial charge in [0.15, 0.2) is 11.5 Å². The number of halogens is 2. The third-order valence-electron chi connectivity index (χ3n) is 5.57. The Balaban J connectivity index is 1.82. The minimum absolute atomic E-state index is 0.198. The van der Waals surface area contributed by atoms with E-state index in [9.17, 15) is 4.39 Å². The molecule has 0 spiro atoms. The van der Waals surface area contributed by atoms with Crippen LogP contribution in [0.1, 0.15) is 51.3 Å². The molecule has 0 atom stereocenters. The van der Waals surface area contributed by atoms with E-state index in [0.717, 1.165) is 5.56 Å². The van der Waals surface area contributed by atoms with Crippen LogP contribution in [0.4, 0.5) is 8.78 Å². The zero-order valence-corrected chi connectivity index (χ0v) is 20.2. The summed E-state index contributed by atoms with van der Waals surface area (Å²) in [7, 11) is 1.49. The average Bonchev–Trinajstić information content (AvgIpc) is 2.77. The molecule has 0 heterocycles. The van der Waals surface area contributed by atoms with Crippen LogP contribution in [0.15, 0.2) is 60.7 Å². The van der Waals surface area contributed by atoms with E-state index in [4.69, 9.17) is 14.2 Å². The van der Waals surface area contributed by atoms with E-state index < -0.39 is 11.2 Å². The second-order valence-electron chi connectivity index (χ2n) is 9.82. The summed E-state index contributed by atoms with van der Waals surface area (Å²) in [5.41, 5.74) is 0.984. The summed E-state index contributed by atoms with van der Waals surface area (Å²) in [5.74, 6) is 0.668. The number of hydrogen-bond donors (Lipinski definition) is 0. The van der Waals surface area contributed by atoms with Crippen LogP contribution in [0.5, 0.6) is 17.2 Å². The predicted octanol–water partition coefficient (Wildman–Crippen LogP) is 7.21. The standard InChI is InChI=1S/C28H32F2O3/c1-27(2,3)21-14-20(12-13-23(21)29)33-18-28(4,5)22-15-26(25(31-6)16-24(22)30)32-17-19-10-8-7-9-11-19/h7-16H,17-18H2,1-6H3. The van der Waals surface area contributed by atoms with Crippen molar-refractivity contribution in [2.24, 2.45) is 0 Å². The van der Waals surface area contributed by atoms with Crippen LogP contribution in [-0.2, 0) is 17.4 Å². The predicted molar refractivity (Wildman–Crippen MR) is 127 cm³/mol. The van der Waals surface area contributed by atoms with Gasteiger partial charge in [-0.25, -0.2) is 8.78 Å². The summed E-state index contributed by atoms with van der Waals surface area (Å²) >= 11 is 0. The highest BCUT2D eigenvalue weighted by Crippen LogP contribution is 2.37. The Morgan fingerprint density at radius 2 is 1.42 bits per heavy atom. The van der Waals surface area contributed by atoms with Crippen molar-refractivity contribution in [3.8, 4) is 17.2 Å². The second-order valence-corrected chi connectivity index (χ2v) is 9.82. The Kier molecular flexibility index (Phi) is 7.31. The van der Waals surface area contributed by atoms with Crippen LogP contribution in [0.2, 0.25) is 0 Å². The number of methoxy groups -OCH3 is 1. The third kappa shape index (κ3) is 6.04. The topological polar surface area (TPSA) is 27.7 Å². The maximum atomic E-state index is 15.0. The molecule has 33 heavy (non-hydrogen) atoms. The minimum Gasteiger partial charge on any atom is -0.493 e. The van der Waals surface area contributed by atoms with Crippen LogP contribution >= 0.6 is 0 Å². The van der Waals surface area contributed by atoms with Gasteiger partial charge in [-0.15, -0.1) is 0 Å². The second kappa shape index (κ2) is 9.82. The molecule has 0 saturated heterocycles. The van der Waals surface area contributed by atoms with E-state index in [-0.39, 0.29) is 17.8 Å². The third-order valence-corrected chi connectivity index (χ3v) is 5.57. The highest BCUT2D eigenvalue weighted by molar-refractivity contribution is 5.46. The fraction of sp³-hybridized carbons (Fsp3) is 0.357. The average molecular weight is 455 g/mol. The van der Waals surface area contributed by atoms with Gasteiger partial charge in [-0.2, -0.15) is 0 Å². The molecule has 0 bridgehead atoms. The number of rotatable bonds is 8. The van der Waals surface area contributed by atoms with Gasteiger partial charge in [0.2, 0.25) is 0 Å². The summed E-state index contributed by atoms with van der Waals surface area (Å²) in [5, 5.41) is 0. The molecule has 0 fully saturated rings. The van der Waals surface area contributed by atoms with Crippen molar-refractivity contribution >= 4 is 0 Å². The van der Waals surface area contributed by atoms with E-state index in [0.29, 0.717) is 35.0 Å². The lowest BCUT2D eigenvalue weighted by Gasteiger charge is -2.27. The smallest absolute Gasteiger partial charge is 0.163 e. The zero-order valence-electron chi connectivity index (χ0n) is 20.2. The lowest BCUT2D eigenvalue weighted by molar-refractivity contribution is 0.233. The molecule has 0 radical (unpaired) electrons. The molecule has 3 rings (SSSR count). The molecule has 176 valence electrons. The van der Waals surface area contributed by atoms with Gasteiger partial charge in [0.05, 0.1) is 13.7 Å². The van der Waals surface area contributed by atoms with Gasteiger partial charge >= 0.3 is 0 Å². The first kappa shape index (κ1) is 24.6. The van der Waals surface area contributed by atoms with E-state index in [1.54, 1.807) is 18.2 Å². The molecule has 0 N–H and O–H groups in total. The van der Waals surface area contributed by atoms with Gasteiger partial charge in [0, 0.05) is 17.0 Å². The summed E-state index contributed by atoms with van der Waals surface area (Å²) in [6.45, 7) is 10.2. The lowest BCUT2D eigenvalue weighted by atomic mass is 9.84. The molecule has 3 nitrogen and oxygen atoms in total. The van der Waals surface area contributed by atoms with Crippen LogP contribution in [0.3, 0.4) is 0 Å². The molecule has 5 heteroatoms. The summed E-state index contributed by atoms with van der Waals surface area (Å²) in [6.07, 6.45) is 0. The maximum Gasteiger partial charge on any atom is 0.163 e. The molecule has 0 saturated carbocycles. The molecule has 3 aromatic carbocycles. The normalized spacial score (nSPS) is 11.9. The van der Waals surface area contributed by atoms with Gasteiger partial charge in [-0.3, -0.25) is 0 Å². The first-order valence-corrected chi connectivity index (χ1v) is 11.0. The molecule has 0 unspecified atom stereocenters. The monoisotopic (exact) mass is 454 g/mol. The number of ether oxygens (including phenoxy) is 3. The fourth-order valence-electron chi connectivity index (χ4n) is 3.57. The molecule has 0 aliphatic heterocycles. The van der Waals surface area contributed by atoms with Crippen LogP contribution < -0.4 is 14.2 Å². The zero-order chi connectivity index (χ0) is 24.2. The molecule has 0 aromatic heterocycles. The lowest BCUT2D eigenvalue weighted by Crippen LogP contribution is -2.28. The van der Waals surface area contributed by atoms with Gasteiger partial charge in [0.25, 0.3) is 0 Å². The van der Waals surface area contributed by atoms with Crippen LogP contribution in [0, 0.1) is 11.6 Å². The van der Waals surface area contributed by atoms with Crippen molar-refractivity contribution in [1.82, 2.24) is 0 Å². The Morgan fingerprint density at radius 1 is 0.727 bits per heavy atom. The van der Waals surface area contributed by atoms with E-state index in [1.165, 1.54) is 19.2 Å². The van der Waals surface area contributed by atoms with E-state index >= 15 is 4.39 Å². The Morgan fingerprint density at radius 3 is 2.06 bits per heavy atom. The first-order valence-electron chi connectivity index (χ1n) is 11.0. The Hall–Kier alpha value is -3.08. The molecule has 0 aliphatic rings.